The average Bonchev–Trinajstić information content (AvgIpc) is 2.73. The zero-order valence-corrected chi connectivity index (χ0v) is 10.8. The molecule has 0 bridgehead atoms. The summed E-state index contributed by atoms with van der Waals surface area (Å²) >= 11 is 1.53. The van der Waals surface area contributed by atoms with Crippen molar-refractivity contribution in [2.75, 3.05) is 20.3 Å². The third-order valence-electron chi connectivity index (χ3n) is 2.06. The Labute approximate surface area is 100 Å². The lowest BCUT2D eigenvalue weighted by molar-refractivity contribution is 0.0944. The maximum Gasteiger partial charge on any atom is 0.270 e. The molecule has 0 atom stereocenters. The Hall–Kier alpha value is -0.940. The van der Waals surface area contributed by atoms with Crippen LogP contribution in [0.1, 0.15) is 41.7 Å². The van der Waals surface area contributed by atoms with E-state index >= 15 is 0 Å². The van der Waals surface area contributed by atoms with Crippen molar-refractivity contribution < 1.29 is 9.53 Å². The third kappa shape index (κ3) is 3.90. The number of aromatic nitrogens is 1. The molecule has 0 radical (unpaired) electrons. The Morgan fingerprint density at radius 3 is 2.94 bits per heavy atom. The van der Waals surface area contributed by atoms with Gasteiger partial charge in [-0.1, -0.05) is 13.8 Å². The van der Waals surface area contributed by atoms with Gasteiger partial charge in [0.05, 0.1) is 5.01 Å². The van der Waals surface area contributed by atoms with E-state index < -0.39 is 0 Å². The van der Waals surface area contributed by atoms with Crippen LogP contribution in [0.2, 0.25) is 0 Å². The lowest BCUT2D eigenvalue weighted by Gasteiger charge is -2.02. The van der Waals surface area contributed by atoms with E-state index in [4.69, 9.17) is 4.74 Å². The zero-order chi connectivity index (χ0) is 12.0. The predicted molar refractivity (Wildman–Crippen MR) is 65.0 cm³/mol. The normalized spacial score (nSPS) is 10.8. The van der Waals surface area contributed by atoms with Crippen LogP contribution in [-0.4, -0.2) is 31.2 Å². The summed E-state index contributed by atoms with van der Waals surface area (Å²) in [5.74, 6) is 0.277. The van der Waals surface area contributed by atoms with Gasteiger partial charge in [0.1, 0.15) is 5.69 Å². The predicted octanol–water partition coefficient (Wildman–Crippen LogP) is 2.03. The van der Waals surface area contributed by atoms with Gasteiger partial charge in [0, 0.05) is 31.6 Å². The second kappa shape index (κ2) is 6.60. The van der Waals surface area contributed by atoms with Gasteiger partial charge in [0.15, 0.2) is 0 Å². The van der Waals surface area contributed by atoms with Gasteiger partial charge >= 0.3 is 0 Å². The van der Waals surface area contributed by atoms with Crippen LogP contribution in [0.15, 0.2) is 5.38 Å². The number of carbonyl (C=O) groups excluding carboxylic acids is 1. The number of carbonyl (C=O) groups is 1. The number of nitrogens with zero attached hydrogens (tertiary/aromatic N) is 1. The fourth-order valence-corrected chi connectivity index (χ4v) is 1.98. The molecule has 5 heteroatoms. The summed E-state index contributed by atoms with van der Waals surface area (Å²) in [6.07, 6.45) is 0.823. The molecule has 1 heterocycles. The van der Waals surface area contributed by atoms with Crippen molar-refractivity contribution >= 4 is 17.2 Å². The molecule has 0 saturated heterocycles. The monoisotopic (exact) mass is 242 g/mol. The molecule has 0 saturated carbocycles. The van der Waals surface area contributed by atoms with Gasteiger partial charge in [0.25, 0.3) is 5.91 Å². The van der Waals surface area contributed by atoms with Crippen LogP contribution in [0.3, 0.4) is 0 Å². The van der Waals surface area contributed by atoms with Gasteiger partial charge in [-0.15, -0.1) is 11.3 Å². The Morgan fingerprint density at radius 2 is 2.38 bits per heavy atom. The number of hydrogen-bond acceptors (Lipinski definition) is 4. The minimum atomic E-state index is -0.0979. The lowest BCUT2D eigenvalue weighted by Crippen LogP contribution is -2.25. The fraction of sp³-hybridized carbons (Fsp3) is 0.636. The maximum absolute atomic E-state index is 11.6. The number of ether oxygens (including phenoxy) is 1. The van der Waals surface area contributed by atoms with Crippen molar-refractivity contribution in [3.63, 3.8) is 0 Å². The van der Waals surface area contributed by atoms with Crippen molar-refractivity contribution in [3.8, 4) is 0 Å². The van der Waals surface area contributed by atoms with Crippen LogP contribution in [-0.2, 0) is 4.74 Å². The molecule has 0 spiro atoms. The highest BCUT2D eigenvalue weighted by Crippen LogP contribution is 2.18. The molecule has 0 aromatic carbocycles. The Morgan fingerprint density at radius 1 is 1.62 bits per heavy atom. The van der Waals surface area contributed by atoms with Crippen LogP contribution in [0.4, 0.5) is 0 Å². The lowest BCUT2D eigenvalue weighted by atomic mass is 10.2. The van der Waals surface area contributed by atoms with Crippen molar-refractivity contribution in [2.24, 2.45) is 0 Å². The smallest absolute Gasteiger partial charge is 0.270 e. The Bertz CT molecular complexity index is 336. The summed E-state index contributed by atoms with van der Waals surface area (Å²) in [7, 11) is 1.65. The number of thiazole rings is 1. The van der Waals surface area contributed by atoms with E-state index in [0.717, 1.165) is 11.4 Å². The first-order chi connectivity index (χ1) is 7.65. The number of rotatable bonds is 6. The molecular weight excluding hydrogens is 224 g/mol. The standard InChI is InChI=1S/C11H18N2O2S/c1-8(2)11-13-9(7-16-11)10(14)12-5-4-6-15-3/h7-8H,4-6H2,1-3H3,(H,12,14). The summed E-state index contributed by atoms with van der Waals surface area (Å²) < 4.78 is 4.90. The van der Waals surface area contributed by atoms with Gasteiger partial charge in [-0.2, -0.15) is 0 Å². The van der Waals surface area contributed by atoms with E-state index in [1.807, 2.05) is 0 Å². The first-order valence-electron chi connectivity index (χ1n) is 5.37. The Kier molecular flexibility index (Phi) is 5.42. The van der Waals surface area contributed by atoms with E-state index in [1.54, 1.807) is 12.5 Å². The molecule has 90 valence electrons. The maximum atomic E-state index is 11.6. The van der Waals surface area contributed by atoms with Gasteiger partial charge in [0.2, 0.25) is 0 Å². The number of hydrogen-bond donors (Lipinski definition) is 1. The first-order valence-corrected chi connectivity index (χ1v) is 6.25. The summed E-state index contributed by atoms with van der Waals surface area (Å²) in [4.78, 5) is 15.9. The van der Waals surface area contributed by atoms with E-state index in [1.165, 1.54) is 11.3 Å². The molecular formula is C11H18N2O2S. The summed E-state index contributed by atoms with van der Waals surface area (Å²) in [5, 5.41) is 5.62. The summed E-state index contributed by atoms with van der Waals surface area (Å²) in [5.41, 5.74) is 0.520. The average molecular weight is 242 g/mol. The first kappa shape index (κ1) is 13.1. The molecule has 1 N–H and O–H groups in total. The quantitative estimate of drug-likeness (QED) is 0.777. The van der Waals surface area contributed by atoms with Crippen molar-refractivity contribution in [2.45, 2.75) is 26.2 Å². The van der Waals surface area contributed by atoms with Crippen molar-refractivity contribution in [1.29, 1.82) is 0 Å². The minimum absolute atomic E-state index is 0.0979. The highest BCUT2D eigenvalue weighted by Gasteiger charge is 2.11. The number of methoxy groups -OCH3 is 1. The molecule has 0 unspecified atom stereocenters. The SMILES string of the molecule is COCCCNC(=O)c1csc(C(C)C)n1. The largest absolute Gasteiger partial charge is 0.385 e. The van der Waals surface area contributed by atoms with Crippen molar-refractivity contribution in [3.05, 3.63) is 16.1 Å². The van der Waals surface area contributed by atoms with Gasteiger partial charge in [-0.3, -0.25) is 4.79 Å². The Balaban J connectivity index is 2.40. The molecule has 0 fully saturated rings. The third-order valence-corrected chi connectivity index (χ3v) is 3.20. The highest BCUT2D eigenvalue weighted by atomic mass is 32.1. The van der Waals surface area contributed by atoms with Crippen LogP contribution < -0.4 is 5.32 Å². The molecule has 0 aliphatic carbocycles. The highest BCUT2D eigenvalue weighted by molar-refractivity contribution is 7.09. The van der Waals surface area contributed by atoms with Gasteiger partial charge < -0.3 is 10.1 Å². The van der Waals surface area contributed by atoms with Crippen LogP contribution in [0.25, 0.3) is 0 Å². The molecule has 16 heavy (non-hydrogen) atoms. The molecule has 1 rings (SSSR count). The van der Waals surface area contributed by atoms with Gasteiger partial charge in [-0.25, -0.2) is 4.98 Å². The van der Waals surface area contributed by atoms with Gasteiger partial charge in [-0.05, 0) is 6.42 Å². The molecule has 1 aromatic heterocycles. The molecule has 0 aliphatic rings. The molecule has 4 nitrogen and oxygen atoms in total. The minimum Gasteiger partial charge on any atom is -0.385 e. The van der Waals surface area contributed by atoms with Crippen LogP contribution in [0, 0.1) is 0 Å². The second-order valence-corrected chi connectivity index (χ2v) is 4.72. The number of amides is 1. The second-order valence-electron chi connectivity index (χ2n) is 3.83. The van der Waals surface area contributed by atoms with Crippen molar-refractivity contribution in [1.82, 2.24) is 10.3 Å². The summed E-state index contributed by atoms with van der Waals surface area (Å²) in [6, 6.07) is 0. The van der Waals surface area contributed by atoms with E-state index in [2.05, 4.69) is 24.1 Å². The molecule has 1 aromatic rings. The number of nitrogens with one attached hydrogen (secondary N) is 1. The van der Waals surface area contributed by atoms with Crippen LogP contribution >= 0.6 is 11.3 Å². The van der Waals surface area contributed by atoms with E-state index in [-0.39, 0.29) is 5.91 Å². The van der Waals surface area contributed by atoms with E-state index in [0.29, 0.717) is 24.8 Å². The molecule has 0 aliphatic heterocycles. The summed E-state index contributed by atoms with van der Waals surface area (Å²) in [6.45, 7) is 5.42. The van der Waals surface area contributed by atoms with E-state index in [9.17, 15) is 4.79 Å². The topological polar surface area (TPSA) is 51.2 Å². The molecule has 1 amide bonds. The fourth-order valence-electron chi connectivity index (χ4n) is 1.17. The van der Waals surface area contributed by atoms with Crippen LogP contribution in [0.5, 0.6) is 0 Å². The zero-order valence-electron chi connectivity index (χ0n) is 9.95.